The topological polar surface area (TPSA) is 48.3 Å². The van der Waals surface area contributed by atoms with Gasteiger partial charge in [0.25, 0.3) is 0 Å². The highest BCUT2D eigenvalue weighted by atomic mass is 16.5. The summed E-state index contributed by atoms with van der Waals surface area (Å²) >= 11 is 0. The largest absolute Gasteiger partial charge is 0.487 e. The van der Waals surface area contributed by atoms with Gasteiger partial charge in [-0.3, -0.25) is 5.32 Å². The van der Waals surface area contributed by atoms with E-state index in [9.17, 15) is 5.26 Å². The van der Waals surface area contributed by atoms with E-state index in [-0.39, 0.29) is 11.6 Å². The number of nitriles is 1. The third kappa shape index (κ3) is 3.30. The molecule has 0 aliphatic carbocycles. The van der Waals surface area contributed by atoms with Crippen molar-refractivity contribution in [3.05, 3.63) is 29.3 Å². The van der Waals surface area contributed by atoms with E-state index in [0.717, 1.165) is 30.8 Å². The van der Waals surface area contributed by atoms with E-state index in [2.05, 4.69) is 36.2 Å². The van der Waals surface area contributed by atoms with Crippen molar-refractivity contribution in [2.24, 2.45) is 0 Å². The van der Waals surface area contributed by atoms with E-state index < -0.39 is 0 Å². The fraction of sp³-hybridized carbons (Fsp3) is 0.562. The van der Waals surface area contributed by atoms with Crippen LogP contribution in [0.15, 0.2) is 18.2 Å². The first-order chi connectivity index (χ1) is 9.43. The summed E-state index contributed by atoms with van der Waals surface area (Å²) in [6.07, 6.45) is 0.895. The van der Waals surface area contributed by atoms with Crippen molar-refractivity contribution in [1.82, 2.24) is 10.2 Å². The Morgan fingerprint density at radius 3 is 2.85 bits per heavy atom. The van der Waals surface area contributed by atoms with Gasteiger partial charge < -0.3 is 9.64 Å². The maximum atomic E-state index is 9.42. The molecule has 4 heteroatoms. The summed E-state index contributed by atoms with van der Waals surface area (Å²) in [7, 11) is 4.05. The summed E-state index contributed by atoms with van der Waals surface area (Å²) in [6, 6.07) is 8.10. The zero-order valence-electron chi connectivity index (χ0n) is 12.7. The minimum atomic E-state index is -0.321. The molecule has 1 aliphatic rings. The highest BCUT2D eigenvalue weighted by Crippen LogP contribution is 2.39. The molecule has 20 heavy (non-hydrogen) atoms. The second kappa shape index (κ2) is 5.82. The number of benzene rings is 1. The lowest BCUT2D eigenvalue weighted by atomic mass is 9.98. The minimum Gasteiger partial charge on any atom is -0.487 e. The number of hydrogen-bond donors (Lipinski definition) is 1. The normalized spacial score (nSPS) is 17.4. The number of nitrogens with zero attached hydrogens (tertiary/aromatic N) is 2. The van der Waals surface area contributed by atoms with Crippen molar-refractivity contribution >= 4 is 0 Å². The Bertz CT molecular complexity index is 517. The standard InChI is InChI=1S/C16H23N3O/c1-16(2)10-12-6-5-7-13(15(12)20-16)14(11-17)18-8-9-19(3)4/h5-7,14,18H,8-10H2,1-4H3. The summed E-state index contributed by atoms with van der Waals surface area (Å²) in [6.45, 7) is 5.84. The van der Waals surface area contributed by atoms with Gasteiger partial charge in [0.05, 0.1) is 6.07 Å². The number of ether oxygens (including phenoxy) is 1. The van der Waals surface area contributed by atoms with Crippen molar-refractivity contribution in [3.63, 3.8) is 0 Å². The Morgan fingerprint density at radius 2 is 2.20 bits per heavy atom. The van der Waals surface area contributed by atoms with Crippen LogP contribution >= 0.6 is 0 Å². The molecule has 2 rings (SSSR count). The third-order valence-electron chi connectivity index (χ3n) is 3.47. The molecule has 1 heterocycles. The molecule has 1 N–H and O–H groups in total. The molecular formula is C16H23N3O. The first-order valence-corrected chi connectivity index (χ1v) is 7.01. The molecule has 1 aromatic rings. The molecule has 4 nitrogen and oxygen atoms in total. The highest BCUT2D eigenvalue weighted by Gasteiger charge is 2.33. The molecule has 0 amide bonds. The van der Waals surface area contributed by atoms with Crippen molar-refractivity contribution in [3.8, 4) is 11.8 Å². The van der Waals surface area contributed by atoms with E-state index in [1.54, 1.807) is 0 Å². The van der Waals surface area contributed by atoms with E-state index in [4.69, 9.17) is 4.74 Å². The van der Waals surface area contributed by atoms with E-state index in [1.807, 2.05) is 26.2 Å². The summed E-state index contributed by atoms with van der Waals surface area (Å²) in [5.74, 6) is 0.890. The van der Waals surface area contributed by atoms with Gasteiger partial charge in [0.2, 0.25) is 0 Å². The van der Waals surface area contributed by atoms with Gasteiger partial charge in [-0.25, -0.2) is 0 Å². The molecule has 0 fully saturated rings. The number of nitrogens with one attached hydrogen (secondary N) is 1. The number of para-hydroxylation sites is 1. The van der Waals surface area contributed by atoms with Gasteiger partial charge in [-0.2, -0.15) is 5.26 Å². The second-order valence-electron chi connectivity index (χ2n) is 6.19. The molecule has 1 atom stereocenters. The lowest BCUT2D eigenvalue weighted by Crippen LogP contribution is -2.29. The van der Waals surface area contributed by atoms with Crippen LogP contribution in [0, 0.1) is 11.3 Å². The van der Waals surface area contributed by atoms with Crippen molar-refractivity contribution in [1.29, 1.82) is 5.26 Å². The molecular weight excluding hydrogens is 250 g/mol. The maximum absolute atomic E-state index is 9.42. The molecule has 0 saturated heterocycles. The smallest absolute Gasteiger partial charge is 0.129 e. The van der Waals surface area contributed by atoms with Gasteiger partial charge in [-0.15, -0.1) is 0 Å². The van der Waals surface area contributed by atoms with E-state index >= 15 is 0 Å². The Hall–Kier alpha value is -1.57. The molecule has 0 spiro atoms. The van der Waals surface area contributed by atoms with E-state index in [0.29, 0.717) is 0 Å². The van der Waals surface area contributed by atoms with E-state index in [1.165, 1.54) is 5.56 Å². The lowest BCUT2D eigenvalue weighted by molar-refractivity contribution is 0.137. The van der Waals surface area contributed by atoms with Crippen LogP contribution in [0.3, 0.4) is 0 Å². The molecule has 108 valence electrons. The predicted molar refractivity (Wildman–Crippen MR) is 79.8 cm³/mol. The van der Waals surface area contributed by atoms with Gasteiger partial charge in [-0.05, 0) is 33.5 Å². The number of rotatable bonds is 5. The fourth-order valence-electron chi connectivity index (χ4n) is 2.52. The van der Waals surface area contributed by atoms with Crippen molar-refractivity contribution in [2.75, 3.05) is 27.2 Å². The molecule has 0 saturated carbocycles. The first kappa shape index (κ1) is 14.8. The second-order valence-corrected chi connectivity index (χ2v) is 6.19. The average molecular weight is 273 g/mol. The number of hydrogen-bond acceptors (Lipinski definition) is 4. The zero-order valence-corrected chi connectivity index (χ0v) is 12.7. The molecule has 0 radical (unpaired) electrons. The van der Waals surface area contributed by atoms with Crippen LogP contribution in [-0.2, 0) is 6.42 Å². The molecule has 1 aliphatic heterocycles. The zero-order chi connectivity index (χ0) is 14.8. The van der Waals surface area contributed by atoms with Crippen molar-refractivity contribution in [2.45, 2.75) is 31.9 Å². The van der Waals surface area contributed by atoms with Gasteiger partial charge in [0.15, 0.2) is 0 Å². The quantitative estimate of drug-likeness (QED) is 0.892. The summed E-state index contributed by atoms with van der Waals surface area (Å²) in [4.78, 5) is 2.09. The summed E-state index contributed by atoms with van der Waals surface area (Å²) in [5.41, 5.74) is 1.97. The van der Waals surface area contributed by atoms with Crippen molar-refractivity contribution < 1.29 is 4.74 Å². The molecule has 0 aromatic heterocycles. The fourth-order valence-corrected chi connectivity index (χ4v) is 2.52. The lowest BCUT2D eigenvalue weighted by Gasteiger charge is -2.20. The summed E-state index contributed by atoms with van der Waals surface area (Å²) < 4.78 is 6.03. The Morgan fingerprint density at radius 1 is 1.45 bits per heavy atom. The molecule has 1 aromatic carbocycles. The summed E-state index contributed by atoms with van der Waals surface area (Å²) in [5, 5.41) is 12.7. The Kier molecular flexibility index (Phi) is 4.32. The van der Waals surface area contributed by atoms with Gasteiger partial charge in [0.1, 0.15) is 17.4 Å². The minimum absolute atomic E-state index is 0.178. The van der Waals surface area contributed by atoms with Crippen LogP contribution in [0.1, 0.15) is 31.0 Å². The third-order valence-corrected chi connectivity index (χ3v) is 3.47. The monoisotopic (exact) mass is 273 g/mol. The van der Waals surface area contributed by atoms with Crippen LogP contribution in [0.2, 0.25) is 0 Å². The first-order valence-electron chi connectivity index (χ1n) is 7.01. The van der Waals surface area contributed by atoms with Crippen LogP contribution in [0.4, 0.5) is 0 Å². The average Bonchev–Trinajstić information content (AvgIpc) is 2.68. The molecule has 1 unspecified atom stereocenters. The molecule has 0 bridgehead atoms. The van der Waals surface area contributed by atoms with Gasteiger partial charge in [-0.1, -0.05) is 18.2 Å². The predicted octanol–water partition coefficient (Wildman–Crippen LogP) is 2.12. The van der Waals surface area contributed by atoms with Crippen LogP contribution in [0.25, 0.3) is 0 Å². The number of likely N-dealkylation sites (N-methyl/N-ethyl adjacent to an activating group) is 1. The van der Waals surface area contributed by atoms with Crippen LogP contribution < -0.4 is 10.1 Å². The SMILES string of the molecule is CN(C)CCNC(C#N)c1cccc2c1OC(C)(C)C2. The van der Waals surface area contributed by atoms with Crippen LogP contribution in [0.5, 0.6) is 5.75 Å². The van der Waals surface area contributed by atoms with Gasteiger partial charge >= 0.3 is 0 Å². The van der Waals surface area contributed by atoms with Gasteiger partial charge in [0, 0.05) is 25.1 Å². The Labute approximate surface area is 121 Å². The van der Waals surface area contributed by atoms with Crippen LogP contribution in [-0.4, -0.2) is 37.7 Å². The maximum Gasteiger partial charge on any atom is 0.129 e. The highest BCUT2D eigenvalue weighted by molar-refractivity contribution is 5.48. The Balaban J connectivity index is 2.16. The number of fused-ring (bicyclic) bond motifs is 1.